The standard InChI is InChI=1S/C20H21F3N2OS.C10H19N.C8H8N2/c1-2-20(13-4-3-5-14(21)10-13)6-8-25(9-7-20)19(26)16-11-15(27-24)12-17(22)18(16)23;1-3-11-10-6-4-5-9(2)7-8-10;1-6-9-7-4-2-3-5-8(7)10-6/h3-5,10-12H,2,6-9,24H2,1H3;9H,3-8H2,1-2H3;2-5H,1H3,(H,9,10). The van der Waals surface area contributed by atoms with E-state index in [1.54, 1.807) is 6.07 Å². The number of aliphatic imine (C=N–C) groups is 1. The van der Waals surface area contributed by atoms with Crippen molar-refractivity contribution in [3.8, 4) is 0 Å². The fourth-order valence-electron chi connectivity index (χ4n) is 6.56. The van der Waals surface area contributed by atoms with Crippen LogP contribution in [0.1, 0.15) is 93.9 Å². The molecule has 0 spiro atoms. The molecule has 6 rings (SSSR count). The zero-order valence-electron chi connectivity index (χ0n) is 28.5. The second-order valence-corrected chi connectivity index (χ2v) is 13.4. The third-order valence-electron chi connectivity index (χ3n) is 9.47. The Morgan fingerprint density at radius 1 is 1.04 bits per heavy atom. The lowest BCUT2D eigenvalue weighted by Crippen LogP contribution is -2.45. The molecule has 1 aromatic heterocycles. The fourth-order valence-corrected chi connectivity index (χ4v) is 6.92. The van der Waals surface area contributed by atoms with Crippen molar-refractivity contribution in [2.75, 3.05) is 19.6 Å². The van der Waals surface area contributed by atoms with Crippen molar-refractivity contribution in [2.24, 2.45) is 16.0 Å². The maximum absolute atomic E-state index is 14.1. The van der Waals surface area contributed by atoms with E-state index in [4.69, 9.17) is 5.14 Å². The molecule has 1 amide bonds. The van der Waals surface area contributed by atoms with Gasteiger partial charge in [-0.3, -0.25) is 14.9 Å². The van der Waals surface area contributed by atoms with E-state index in [1.165, 1.54) is 60.9 Å². The number of amides is 1. The van der Waals surface area contributed by atoms with Crippen LogP contribution in [0, 0.1) is 30.3 Å². The number of hydrogen-bond donors (Lipinski definition) is 2. The second-order valence-electron chi connectivity index (χ2n) is 12.7. The van der Waals surface area contributed by atoms with Gasteiger partial charge in [0, 0.05) is 30.2 Å². The van der Waals surface area contributed by atoms with Crippen LogP contribution in [0.5, 0.6) is 0 Å². The van der Waals surface area contributed by atoms with Crippen LogP contribution in [0.3, 0.4) is 0 Å². The van der Waals surface area contributed by atoms with Gasteiger partial charge < -0.3 is 9.88 Å². The molecule has 2 heterocycles. The minimum absolute atomic E-state index is 0.225. The number of carbonyl (C=O) groups excluding carboxylic acids is 1. The van der Waals surface area contributed by atoms with Crippen molar-refractivity contribution in [3.05, 3.63) is 95.1 Å². The summed E-state index contributed by atoms with van der Waals surface area (Å²) in [5.74, 6) is -1.18. The molecule has 0 bridgehead atoms. The topological polar surface area (TPSA) is 87.4 Å². The highest BCUT2D eigenvalue weighted by Crippen LogP contribution is 2.39. The zero-order valence-corrected chi connectivity index (χ0v) is 29.3. The number of hydrogen-bond acceptors (Lipinski definition) is 5. The van der Waals surface area contributed by atoms with E-state index in [2.05, 4.69) is 28.8 Å². The third-order valence-corrected chi connectivity index (χ3v) is 9.98. The zero-order chi connectivity index (χ0) is 34.7. The molecule has 1 atom stereocenters. The number of aromatic nitrogens is 2. The smallest absolute Gasteiger partial charge is 0.256 e. The van der Waals surface area contributed by atoms with Crippen LogP contribution in [0.25, 0.3) is 11.0 Å². The second kappa shape index (κ2) is 17.7. The van der Waals surface area contributed by atoms with E-state index in [0.717, 1.165) is 59.3 Å². The van der Waals surface area contributed by atoms with Gasteiger partial charge in [0.1, 0.15) is 11.6 Å². The summed E-state index contributed by atoms with van der Waals surface area (Å²) in [6, 6.07) is 16.8. The summed E-state index contributed by atoms with van der Waals surface area (Å²) in [5.41, 5.74) is 4.00. The predicted octanol–water partition coefficient (Wildman–Crippen LogP) is 9.57. The highest BCUT2D eigenvalue weighted by molar-refractivity contribution is 7.97. The number of rotatable bonds is 5. The summed E-state index contributed by atoms with van der Waals surface area (Å²) >= 11 is 0.759. The maximum atomic E-state index is 14.1. The first-order valence-corrected chi connectivity index (χ1v) is 17.8. The number of piperidine rings is 1. The van der Waals surface area contributed by atoms with E-state index in [9.17, 15) is 18.0 Å². The molecule has 3 aromatic carbocycles. The number of fused-ring (bicyclic) bond motifs is 1. The highest BCUT2D eigenvalue weighted by Gasteiger charge is 2.37. The van der Waals surface area contributed by atoms with Gasteiger partial charge in [-0.05, 0) is 124 Å². The predicted molar refractivity (Wildman–Crippen MR) is 191 cm³/mol. The van der Waals surface area contributed by atoms with Crippen LogP contribution < -0.4 is 5.14 Å². The number of nitrogens with zero attached hydrogens (tertiary/aromatic N) is 3. The lowest BCUT2D eigenvalue weighted by Gasteiger charge is -2.42. The van der Waals surface area contributed by atoms with Crippen molar-refractivity contribution in [1.29, 1.82) is 0 Å². The minimum atomic E-state index is -1.16. The van der Waals surface area contributed by atoms with Gasteiger partial charge in [0.2, 0.25) is 0 Å². The van der Waals surface area contributed by atoms with Gasteiger partial charge in [-0.25, -0.2) is 18.2 Å². The molecule has 0 radical (unpaired) electrons. The number of para-hydroxylation sites is 2. The van der Waals surface area contributed by atoms with Gasteiger partial charge in [-0.1, -0.05) is 44.5 Å². The number of aromatic amines is 1. The van der Waals surface area contributed by atoms with Crippen LogP contribution in [0.15, 0.2) is 70.6 Å². The Labute approximate surface area is 287 Å². The Bertz CT molecular complexity index is 1650. The number of imidazole rings is 1. The Morgan fingerprint density at radius 2 is 1.79 bits per heavy atom. The fraction of sp³-hybridized carbons (Fsp3) is 0.447. The summed E-state index contributed by atoms with van der Waals surface area (Å²) in [4.78, 5) is 26.5. The molecule has 10 heteroatoms. The Kier molecular flexibility index (Phi) is 13.7. The largest absolute Gasteiger partial charge is 0.342 e. The van der Waals surface area contributed by atoms with Gasteiger partial charge in [0.25, 0.3) is 5.91 Å². The highest BCUT2D eigenvalue weighted by atomic mass is 32.2. The van der Waals surface area contributed by atoms with E-state index in [0.29, 0.717) is 25.9 Å². The third kappa shape index (κ3) is 9.72. The molecule has 1 unspecified atom stereocenters. The van der Waals surface area contributed by atoms with Crippen molar-refractivity contribution in [1.82, 2.24) is 14.9 Å². The van der Waals surface area contributed by atoms with Gasteiger partial charge in [-0.15, -0.1) is 0 Å². The van der Waals surface area contributed by atoms with Crippen molar-refractivity contribution in [2.45, 2.75) is 89.4 Å². The van der Waals surface area contributed by atoms with Crippen molar-refractivity contribution in [3.63, 3.8) is 0 Å². The molecule has 2 aliphatic rings. The van der Waals surface area contributed by atoms with E-state index < -0.39 is 17.5 Å². The molecule has 1 aliphatic carbocycles. The van der Waals surface area contributed by atoms with Crippen LogP contribution in [0.2, 0.25) is 0 Å². The van der Waals surface area contributed by atoms with Crippen LogP contribution in [-0.4, -0.2) is 46.1 Å². The molecule has 6 nitrogen and oxygen atoms in total. The molecule has 258 valence electrons. The number of halogens is 3. The Hall–Kier alpha value is -3.63. The Morgan fingerprint density at radius 3 is 2.46 bits per heavy atom. The number of nitrogens with one attached hydrogen (secondary N) is 1. The first-order chi connectivity index (χ1) is 23.1. The molecule has 1 aliphatic heterocycles. The molecule has 1 saturated heterocycles. The Balaban J connectivity index is 0.000000201. The molecular weight excluding hydrogens is 632 g/mol. The monoisotopic (exact) mass is 679 g/mol. The maximum Gasteiger partial charge on any atom is 0.256 e. The number of aryl methyl sites for hydroxylation is 1. The number of carbonyl (C=O) groups is 1. The van der Waals surface area contributed by atoms with Gasteiger partial charge in [0.05, 0.1) is 16.6 Å². The number of likely N-dealkylation sites (tertiary alicyclic amines) is 1. The van der Waals surface area contributed by atoms with Gasteiger partial charge in [0.15, 0.2) is 11.6 Å². The van der Waals surface area contributed by atoms with Gasteiger partial charge >= 0.3 is 0 Å². The van der Waals surface area contributed by atoms with Crippen LogP contribution in [-0.2, 0) is 5.41 Å². The molecule has 48 heavy (non-hydrogen) atoms. The summed E-state index contributed by atoms with van der Waals surface area (Å²) in [7, 11) is 0. The molecule has 4 aromatic rings. The average Bonchev–Trinajstić information content (AvgIpc) is 3.36. The number of H-pyrrole nitrogens is 1. The summed E-state index contributed by atoms with van der Waals surface area (Å²) < 4.78 is 41.5. The summed E-state index contributed by atoms with van der Waals surface area (Å²) in [5, 5.41) is 5.42. The van der Waals surface area contributed by atoms with Crippen LogP contribution >= 0.6 is 11.9 Å². The molecule has 2 fully saturated rings. The first-order valence-electron chi connectivity index (χ1n) is 16.9. The quantitative estimate of drug-likeness (QED) is 0.163. The average molecular weight is 680 g/mol. The number of nitrogens with two attached hydrogens (primary N) is 1. The summed E-state index contributed by atoms with van der Waals surface area (Å²) in [6.45, 7) is 10.2. The SMILES string of the molecule is CCC1(c2cccc(F)c2)CCN(C(=O)c2cc(SN)cc(F)c2F)CC1.CCN=C1CCCC(C)CC1.Cc1nc2ccccc2[nH]1. The first kappa shape index (κ1) is 37.2. The normalized spacial score (nSPS) is 18.4. The lowest BCUT2D eigenvalue weighted by molar-refractivity contribution is 0.0655. The number of benzene rings is 3. The van der Waals surface area contributed by atoms with E-state index in [1.807, 2.05) is 44.2 Å². The van der Waals surface area contributed by atoms with Crippen LogP contribution in [0.4, 0.5) is 13.2 Å². The molecule has 1 saturated carbocycles. The van der Waals surface area contributed by atoms with Gasteiger partial charge in [-0.2, -0.15) is 0 Å². The van der Waals surface area contributed by atoms with Crippen molar-refractivity contribution >= 4 is 34.6 Å². The van der Waals surface area contributed by atoms with Crippen molar-refractivity contribution < 1.29 is 18.0 Å². The molecular formula is C38H48F3N5OS. The van der Waals surface area contributed by atoms with E-state index >= 15 is 0 Å². The molecule has 3 N–H and O–H groups in total. The van der Waals surface area contributed by atoms with E-state index in [-0.39, 0.29) is 21.7 Å². The lowest BCUT2D eigenvalue weighted by atomic mass is 9.71. The minimum Gasteiger partial charge on any atom is -0.342 e. The summed E-state index contributed by atoms with van der Waals surface area (Å²) in [6.07, 6.45) is 8.72.